The summed E-state index contributed by atoms with van der Waals surface area (Å²) in [6.45, 7) is 0. The fourth-order valence-corrected chi connectivity index (χ4v) is 2.42. The first-order chi connectivity index (χ1) is 6.03. The molecule has 74 valence electrons. The van der Waals surface area contributed by atoms with E-state index in [4.69, 9.17) is 0 Å². The predicted octanol–water partition coefficient (Wildman–Crippen LogP) is 1.42. The molecule has 0 aliphatic heterocycles. The highest BCUT2D eigenvalue weighted by molar-refractivity contribution is 9.11. The van der Waals surface area contributed by atoms with E-state index < -0.39 is 10.1 Å². The first-order valence-corrected chi connectivity index (χ1v) is 6.67. The number of hydrogen-bond acceptors (Lipinski definition) is 5. The van der Waals surface area contributed by atoms with Gasteiger partial charge in [-0.3, -0.25) is 4.18 Å². The van der Waals surface area contributed by atoms with Gasteiger partial charge in [0.25, 0.3) is 10.1 Å². The highest BCUT2D eigenvalue weighted by atomic mass is 79.9. The second kappa shape index (κ2) is 4.50. The molecule has 0 atom stereocenters. The lowest BCUT2D eigenvalue weighted by molar-refractivity contribution is 0.397. The van der Waals surface area contributed by atoms with E-state index in [2.05, 4.69) is 25.1 Å². The first kappa shape index (κ1) is 11.1. The first-order valence-electron chi connectivity index (χ1n) is 3.42. The van der Waals surface area contributed by atoms with Gasteiger partial charge in [-0.15, -0.1) is 11.3 Å². The maximum Gasteiger partial charge on any atom is 0.267 e. The van der Waals surface area contributed by atoms with Gasteiger partial charge in [-0.05, 0) is 15.9 Å². The molecule has 0 aromatic carbocycles. The molecule has 0 saturated carbocycles. The molecule has 0 unspecified atom stereocenters. The van der Waals surface area contributed by atoms with Crippen molar-refractivity contribution in [2.45, 2.75) is 6.42 Å². The van der Waals surface area contributed by atoms with Crippen molar-refractivity contribution in [3.63, 3.8) is 0 Å². The molecular weight excluding hydrogens is 278 g/mol. The van der Waals surface area contributed by atoms with Crippen LogP contribution in [0.2, 0.25) is 0 Å². The fraction of sp³-hybridized carbons (Fsp3) is 0.500. The van der Waals surface area contributed by atoms with E-state index in [-0.39, 0.29) is 5.75 Å². The Bertz CT molecular complexity index is 373. The molecule has 0 N–H and O–H groups in total. The molecule has 0 aliphatic rings. The van der Waals surface area contributed by atoms with Gasteiger partial charge in [0.2, 0.25) is 0 Å². The minimum Gasteiger partial charge on any atom is -0.273 e. The lowest BCUT2D eigenvalue weighted by Crippen LogP contribution is -2.10. The molecule has 4 nitrogen and oxygen atoms in total. The Labute approximate surface area is 89.2 Å². The van der Waals surface area contributed by atoms with E-state index in [0.717, 1.165) is 16.7 Å². The van der Waals surface area contributed by atoms with Crippen molar-refractivity contribution >= 4 is 37.4 Å². The Morgan fingerprint density at radius 2 is 2.38 bits per heavy atom. The van der Waals surface area contributed by atoms with E-state index in [1.54, 1.807) is 0 Å². The maximum absolute atomic E-state index is 10.9. The van der Waals surface area contributed by atoms with Gasteiger partial charge in [0.05, 0.1) is 18.6 Å². The largest absolute Gasteiger partial charge is 0.273 e. The van der Waals surface area contributed by atoms with Gasteiger partial charge < -0.3 is 0 Å². The molecule has 7 heteroatoms. The summed E-state index contributed by atoms with van der Waals surface area (Å²) in [5.41, 5.74) is 0.762. The number of hydrogen-bond donors (Lipinski definition) is 0. The van der Waals surface area contributed by atoms with Crippen molar-refractivity contribution in [3.05, 3.63) is 15.0 Å². The zero-order valence-electron chi connectivity index (χ0n) is 6.86. The molecular formula is C6H8BrNO3S2. The third-order valence-corrected chi connectivity index (χ3v) is 4.01. The van der Waals surface area contributed by atoms with Crippen LogP contribution in [0.5, 0.6) is 0 Å². The molecule has 0 spiro atoms. The van der Waals surface area contributed by atoms with E-state index >= 15 is 0 Å². The quantitative estimate of drug-likeness (QED) is 0.786. The molecule has 0 saturated heterocycles. The normalized spacial score (nSPS) is 11.8. The Hall–Kier alpha value is 0.0200. The molecule has 13 heavy (non-hydrogen) atoms. The molecule has 0 radical (unpaired) electrons. The number of nitrogens with zero attached hydrogens (tertiary/aromatic N) is 1. The third kappa shape index (κ3) is 3.72. The minimum atomic E-state index is -3.36. The van der Waals surface area contributed by atoms with Gasteiger partial charge in [-0.2, -0.15) is 8.42 Å². The minimum absolute atomic E-state index is 0.0281. The standard InChI is InChI=1S/C6H8BrNO3S2/c1-11-13(9,10)3-2-5-4-12-6(7)8-5/h4H,2-3H2,1H3. The van der Waals surface area contributed by atoms with Crippen molar-refractivity contribution in [1.82, 2.24) is 4.98 Å². The number of aryl methyl sites for hydroxylation is 1. The van der Waals surface area contributed by atoms with Gasteiger partial charge in [-0.1, -0.05) is 0 Å². The molecule has 0 aliphatic carbocycles. The second-order valence-electron chi connectivity index (χ2n) is 2.27. The monoisotopic (exact) mass is 285 g/mol. The molecule has 0 fully saturated rings. The van der Waals surface area contributed by atoms with Crippen LogP contribution in [0.15, 0.2) is 9.30 Å². The molecule has 1 heterocycles. The van der Waals surface area contributed by atoms with Crippen LogP contribution in [-0.4, -0.2) is 26.3 Å². The number of rotatable bonds is 4. The van der Waals surface area contributed by atoms with Gasteiger partial charge in [0, 0.05) is 11.8 Å². The van der Waals surface area contributed by atoms with Gasteiger partial charge in [0.15, 0.2) is 3.92 Å². The van der Waals surface area contributed by atoms with Crippen LogP contribution in [0.4, 0.5) is 0 Å². The summed E-state index contributed by atoms with van der Waals surface area (Å²) in [7, 11) is -2.20. The summed E-state index contributed by atoms with van der Waals surface area (Å²) in [6, 6.07) is 0. The summed E-state index contributed by atoms with van der Waals surface area (Å²) < 4.78 is 26.9. The van der Waals surface area contributed by atoms with Crippen LogP contribution in [0.1, 0.15) is 5.69 Å². The Morgan fingerprint density at radius 1 is 1.69 bits per heavy atom. The van der Waals surface area contributed by atoms with Gasteiger partial charge in [0.1, 0.15) is 0 Å². The number of halogens is 1. The number of thiazole rings is 1. The molecule has 0 amide bonds. The SMILES string of the molecule is COS(=O)(=O)CCc1csc(Br)n1. The predicted molar refractivity (Wildman–Crippen MR) is 54.3 cm³/mol. The highest BCUT2D eigenvalue weighted by Crippen LogP contribution is 2.16. The Kier molecular flexibility index (Phi) is 3.84. The van der Waals surface area contributed by atoms with Crippen molar-refractivity contribution in [3.8, 4) is 0 Å². The maximum atomic E-state index is 10.9. The topological polar surface area (TPSA) is 56.3 Å². The Balaban J connectivity index is 2.53. The van der Waals surface area contributed by atoms with E-state index in [1.165, 1.54) is 11.3 Å². The molecule has 1 aromatic rings. The number of aromatic nitrogens is 1. The highest BCUT2D eigenvalue weighted by Gasteiger charge is 2.09. The van der Waals surface area contributed by atoms with Gasteiger partial charge in [-0.25, -0.2) is 4.98 Å². The fourth-order valence-electron chi connectivity index (χ4n) is 0.710. The van der Waals surface area contributed by atoms with Crippen LogP contribution >= 0.6 is 27.3 Å². The van der Waals surface area contributed by atoms with Gasteiger partial charge >= 0.3 is 0 Å². The zero-order chi connectivity index (χ0) is 9.90. The summed E-state index contributed by atoms with van der Waals surface area (Å²) in [4.78, 5) is 4.06. The van der Waals surface area contributed by atoms with Crippen LogP contribution in [-0.2, 0) is 20.7 Å². The summed E-state index contributed by atoms with van der Waals surface area (Å²) in [6.07, 6.45) is 0.387. The van der Waals surface area contributed by atoms with Crippen molar-refractivity contribution in [2.75, 3.05) is 12.9 Å². The van der Waals surface area contributed by atoms with E-state index in [9.17, 15) is 8.42 Å². The average Bonchev–Trinajstić information content (AvgIpc) is 2.48. The van der Waals surface area contributed by atoms with Crippen LogP contribution in [0.25, 0.3) is 0 Å². The van der Waals surface area contributed by atoms with E-state index in [1.807, 2.05) is 5.38 Å². The lowest BCUT2D eigenvalue weighted by Gasteiger charge is -1.97. The van der Waals surface area contributed by atoms with Crippen LogP contribution in [0.3, 0.4) is 0 Å². The average molecular weight is 286 g/mol. The summed E-state index contributed by atoms with van der Waals surface area (Å²) in [5.74, 6) is -0.0281. The summed E-state index contributed by atoms with van der Waals surface area (Å²) >= 11 is 4.63. The van der Waals surface area contributed by atoms with Crippen molar-refractivity contribution in [2.24, 2.45) is 0 Å². The van der Waals surface area contributed by atoms with Crippen LogP contribution < -0.4 is 0 Å². The Morgan fingerprint density at radius 3 is 2.85 bits per heavy atom. The lowest BCUT2D eigenvalue weighted by atomic mass is 10.4. The second-order valence-corrected chi connectivity index (χ2v) is 6.26. The molecule has 1 aromatic heterocycles. The molecule has 1 rings (SSSR count). The van der Waals surface area contributed by atoms with Crippen molar-refractivity contribution in [1.29, 1.82) is 0 Å². The van der Waals surface area contributed by atoms with Crippen molar-refractivity contribution < 1.29 is 12.6 Å². The third-order valence-electron chi connectivity index (χ3n) is 1.39. The van der Waals surface area contributed by atoms with Crippen LogP contribution in [0, 0.1) is 0 Å². The zero-order valence-corrected chi connectivity index (χ0v) is 10.1. The smallest absolute Gasteiger partial charge is 0.267 e. The van der Waals surface area contributed by atoms with E-state index in [0.29, 0.717) is 6.42 Å². The molecule has 0 bridgehead atoms. The summed E-state index contributed by atoms with van der Waals surface area (Å²) in [5, 5.41) is 1.81.